The monoisotopic (exact) mass is 388 g/mol. The lowest BCUT2D eigenvalue weighted by atomic mass is 9.85. The molecule has 0 amide bonds. The predicted molar refractivity (Wildman–Crippen MR) is 107 cm³/mol. The maximum atomic E-state index is 13.9. The van der Waals surface area contributed by atoms with E-state index in [0.717, 1.165) is 18.4 Å². The number of likely N-dealkylation sites (N-methyl/N-ethyl adjacent to an activating group) is 2. The molecule has 6 heteroatoms. The zero-order valence-electron chi connectivity index (χ0n) is 16.2. The van der Waals surface area contributed by atoms with Gasteiger partial charge in [0.15, 0.2) is 0 Å². The number of cyclic esters (lactones) is 1. The van der Waals surface area contributed by atoms with Gasteiger partial charge in [0.2, 0.25) is 7.44 Å². The van der Waals surface area contributed by atoms with Crippen LogP contribution in [0.15, 0.2) is 42.2 Å². The second-order valence-corrected chi connectivity index (χ2v) is 10.8. The highest BCUT2D eigenvalue weighted by Crippen LogP contribution is 2.63. The standard InChI is InChI=1S/C21H29N2O3P/c1-22-19-10-6-7-11-20(19)23(2)27(22,25)13-12-18(16-8-4-3-5-9-16)17-14-21(24)26-15-17/h3-5,8-9,12-13,17-20H,6-7,10-11,14-15H2,1-2H3/b13-12+/t17-,18+,19+,20+/m0/s1. The van der Waals surface area contributed by atoms with Crippen molar-refractivity contribution in [2.75, 3.05) is 20.7 Å². The van der Waals surface area contributed by atoms with Crippen LogP contribution in [0.3, 0.4) is 0 Å². The van der Waals surface area contributed by atoms with E-state index in [9.17, 15) is 9.36 Å². The SMILES string of the molecule is CN1[C@@H]2CCCC[C@H]2N(C)P1(=O)/C=C/[C@H](c1ccccc1)[C@@H]1COC(=O)C1. The van der Waals surface area contributed by atoms with E-state index in [1.54, 1.807) is 0 Å². The third-order valence-electron chi connectivity index (χ3n) is 6.63. The summed E-state index contributed by atoms with van der Waals surface area (Å²) >= 11 is 0. The average molecular weight is 388 g/mol. The molecule has 27 heavy (non-hydrogen) atoms. The molecule has 0 unspecified atom stereocenters. The molecule has 5 nitrogen and oxygen atoms in total. The summed E-state index contributed by atoms with van der Waals surface area (Å²) in [5.74, 6) is 1.93. The first kappa shape index (κ1) is 18.9. The minimum atomic E-state index is -2.73. The Hall–Kier alpha value is -1.42. The van der Waals surface area contributed by atoms with Crippen molar-refractivity contribution in [3.63, 3.8) is 0 Å². The number of hydrogen-bond donors (Lipinski definition) is 0. The Bertz CT molecular complexity index is 744. The number of ether oxygens (including phenoxy) is 1. The van der Waals surface area contributed by atoms with Crippen LogP contribution in [0.2, 0.25) is 0 Å². The molecule has 1 aromatic rings. The molecule has 0 spiro atoms. The van der Waals surface area contributed by atoms with Crippen LogP contribution >= 0.6 is 7.44 Å². The molecule has 0 aromatic heterocycles. The zero-order valence-corrected chi connectivity index (χ0v) is 17.1. The van der Waals surface area contributed by atoms with Gasteiger partial charge in [-0.05, 0) is 32.5 Å². The first-order valence-corrected chi connectivity index (χ1v) is 11.6. The number of allylic oxidation sites excluding steroid dienone is 1. The maximum absolute atomic E-state index is 13.9. The highest BCUT2D eigenvalue weighted by Gasteiger charge is 2.50. The molecule has 3 fully saturated rings. The molecule has 0 N–H and O–H groups in total. The number of carbonyl (C=O) groups excluding carboxylic acids is 1. The number of fused-ring (bicyclic) bond motifs is 1. The van der Waals surface area contributed by atoms with E-state index in [2.05, 4.69) is 27.5 Å². The molecule has 146 valence electrons. The Labute approximate surface area is 161 Å². The van der Waals surface area contributed by atoms with Gasteiger partial charge >= 0.3 is 5.97 Å². The van der Waals surface area contributed by atoms with E-state index < -0.39 is 7.44 Å². The van der Waals surface area contributed by atoms with Gasteiger partial charge in [-0.2, -0.15) is 0 Å². The molecule has 1 saturated carbocycles. The van der Waals surface area contributed by atoms with Gasteiger partial charge in [0.25, 0.3) is 0 Å². The second kappa shape index (κ2) is 7.54. The van der Waals surface area contributed by atoms with Crippen LogP contribution in [-0.2, 0) is 14.1 Å². The van der Waals surface area contributed by atoms with Gasteiger partial charge in [-0.3, -0.25) is 9.36 Å². The molecule has 0 bridgehead atoms. The topological polar surface area (TPSA) is 49.9 Å². The van der Waals surface area contributed by atoms with Gasteiger partial charge in [-0.1, -0.05) is 49.2 Å². The molecular formula is C21H29N2O3P. The maximum Gasteiger partial charge on any atom is 0.306 e. The van der Waals surface area contributed by atoms with Crippen molar-refractivity contribution in [2.24, 2.45) is 5.92 Å². The van der Waals surface area contributed by atoms with E-state index in [4.69, 9.17) is 4.74 Å². The van der Waals surface area contributed by atoms with E-state index in [1.165, 1.54) is 12.8 Å². The Morgan fingerprint density at radius 3 is 2.30 bits per heavy atom. The molecule has 3 aliphatic rings. The summed E-state index contributed by atoms with van der Waals surface area (Å²) < 4.78 is 23.4. The summed E-state index contributed by atoms with van der Waals surface area (Å²) in [6.45, 7) is 0.434. The fourth-order valence-electron chi connectivity index (χ4n) is 5.00. The van der Waals surface area contributed by atoms with Gasteiger partial charge < -0.3 is 4.74 Å². The van der Waals surface area contributed by atoms with Crippen molar-refractivity contribution in [1.29, 1.82) is 0 Å². The van der Waals surface area contributed by atoms with Crippen molar-refractivity contribution in [3.05, 3.63) is 47.8 Å². The predicted octanol–water partition coefficient (Wildman–Crippen LogP) is 4.23. The summed E-state index contributed by atoms with van der Waals surface area (Å²) in [6.07, 6.45) is 7.18. The Balaban J connectivity index is 1.63. The van der Waals surface area contributed by atoms with Crippen molar-refractivity contribution in [3.8, 4) is 0 Å². The van der Waals surface area contributed by atoms with E-state index in [1.807, 2.05) is 38.1 Å². The second-order valence-electron chi connectivity index (χ2n) is 8.08. The van der Waals surface area contributed by atoms with Gasteiger partial charge in [0.1, 0.15) is 0 Å². The smallest absolute Gasteiger partial charge is 0.306 e. The van der Waals surface area contributed by atoms with Gasteiger partial charge in [-0.15, -0.1) is 0 Å². The first-order valence-electron chi connectivity index (χ1n) is 9.97. The quantitative estimate of drug-likeness (QED) is 0.571. The number of benzene rings is 1. The van der Waals surface area contributed by atoms with Crippen LogP contribution in [0, 0.1) is 5.92 Å². The normalized spacial score (nSPS) is 32.5. The molecule has 2 aliphatic heterocycles. The van der Waals surface area contributed by atoms with Crippen LogP contribution in [0.4, 0.5) is 0 Å². The molecule has 2 saturated heterocycles. The minimum absolute atomic E-state index is 0.0351. The molecule has 2 heterocycles. The number of nitrogens with zero attached hydrogens (tertiary/aromatic N) is 2. The molecule has 4 atom stereocenters. The van der Waals surface area contributed by atoms with Gasteiger partial charge in [0.05, 0.1) is 13.0 Å². The van der Waals surface area contributed by atoms with Crippen LogP contribution in [-0.4, -0.2) is 48.1 Å². The number of rotatable bonds is 4. The molecular weight excluding hydrogens is 359 g/mol. The van der Waals surface area contributed by atoms with Crippen molar-refractivity contribution in [2.45, 2.75) is 50.1 Å². The lowest BCUT2D eigenvalue weighted by Gasteiger charge is -2.28. The summed E-state index contributed by atoms with van der Waals surface area (Å²) in [5.41, 5.74) is 1.14. The van der Waals surface area contributed by atoms with Crippen LogP contribution in [0.5, 0.6) is 0 Å². The number of hydrogen-bond acceptors (Lipinski definition) is 3. The van der Waals surface area contributed by atoms with E-state index in [-0.39, 0.29) is 17.8 Å². The lowest BCUT2D eigenvalue weighted by molar-refractivity contribution is -0.137. The molecule has 1 aromatic carbocycles. The Kier molecular flexibility index (Phi) is 5.28. The Morgan fingerprint density at radius 1 is 1.11 bits per heavy atom. The fourth-order valence-corrected chi connectivity index (χ4v) is 7.67. The number of carbonyl (C=O) groups is 1. The van der Waals surface area contributed by atoms with Crippen molar-refractivity contribution >= 4 is 13.4 Å². The summed E-state index contributed by atoms with van der Waals surface area (Å²) in [5, 5.41) is 0. The Morgan fingerprint density at radius 2 is 1.74 bits per heavy atom. The summed E-state index contributed by atoms with van der Waals surface area (Å²) in [7, 11) is 1.30. The van der Waals surface area contributed by atoms with Crippen LogP contribution in [0.1, 0.15) is 43.6 Å². The molecule has 1 aliphatic carbocycles. The van der Waals surface area contributed by atoms with E-state index >= 15 is 0 Å². The van der Waals surface area contributed by atoms with Crippen molar-refractivity contribution in [1.82, 2.24) is 9.34 Å². The largest absolute Gasteiger partial charge is 0.465 e. The third kappa shape index (κ3) is 3.41. The number of esters is 1. The lowest BCUT2D eigenvalue weighted by Crippen LogP contribution is -2.37. The highest BCUT2D eigenvalue weighted by molar-refractivity contribution is 7.62. The summed E-state index contributed by atoms with van der Waals surface area (Å²) in [6, 6.07) is 10.9. The molecule has 0 radical (unpaired) electrons. The zero-order chi connectivity index (χ0) is 19.0. The summed E-state index contributed by atoms with van der Waals surface area (Å²) in [4.78, 5) is 11.7. The minimum Gasteiger partial charge on any atom is -0.465 e. The van der Waals surface area contributed by atoms with Gasteiger partial charge in [0, 0.05) is 29.7 Å². The van der Waals surface area contributed by atoms with E-state index in [0.29, 0.717) is 25.1 Å². The average Bonchev–Trinajstić information content (AvgIpc) is 3.20. The van der Waals surface area contributed by atoms with Crippen LogP contribution < -0.4 is 0 Å². The highest BCUT2D eigenvalue weighted by atomic mass is 31.2. The fraction of sp³-hybridized carbons (Fsp3) is 0.571. The van der Waals surface area contributed by atoms with Gasteiger partial charge in [-0.25, -0.2) is 9.34 Å². The van der Waals surface area contributed by atoms with Crippen molar-refractivity contribution < 1.29 is 14.1 Å². The first-order chi connectivity index (χ1) is 13.0. The third-order valence-corrected chi connectivity index (χ3v) is 9.59. The van der Waals surface area contributed by atoms with Crippen LogP contribution in [0.25, 0.3) is 0 Å². The molecule has 4 rings (SSSR count).